The van der Waals surface area contributed by atoms with E-state index in [1.165, 1.54) is 5.56 Å². The smallest absolute Gasteiger partial charge is 0.291 e. The van der Waals surface area contributed by atoms with Gasteiger partial charge >= 0.3 is 0 Å². The van der Waals surface area contributed by atoms with Crippen molar-refractivity contribution in [3.63, 3.8) is 0 Å². The lowest BCUT2D eigenvalue weighted by Crippen LogP contribution is -2.32. The van der Waals surface area contributed by atoms with Gasteiger partial charge in [0.25, 0.3) is 11.9 Å². The van der Waals surface area contributed by atoms with Gasteiger partial charge in [-0.25, -0.2) is 4.99 Å². The maximum Gasteiger partial charge on any atom is 0.291 e. The summed E-state index contributed by atoms with van der Waals surface area (Å²) in [7, 11) is 1.57. The van der Waals surface area contributed by atoms with E-state index in [9.17, 15) is 4.79 Å². The lowest BCUT2D eigenvalue weighted by Gasteiger charge is -2.10. The number of carbonyl (C=O) groups excluding carboxylic acids is 1. The molecule has 5 heteroatoms. The molecule has 0 atom stereocenters. The second-order valence-corrected chi connectivity index (χ2v) is 5.40. The van der Waals surface area contributed by atoms with E-state index in [1.54, 1.807) is 31.4 Å². The summed E-state index contributed by atoms with van der Waals surface area (Å²) in [6.45, 7) is 2.88. The van der Waals surface area contributed by atoms with E-state index < -0.39 is 0 Å². The van der Waals surface area contributed by atoms with E-state index in [0.717, 1.165) is 12.8 Å². The number of hydrogen-bond donors (Lipinski definition) is 1. The summed E-state index contributed by atoms with van der Waals surface area (Å²) >= 11 is 0. The highest BCUT2D eigenvalue weighted by atomic mass is 16.5. The minimum absolute atomic E-state index is 0.253. The number of nitrogens with zero attached hydrogens (tertiary/aromatic N) is 1. The van der Waals surface area contributed by atoms with Crippen molar-refractivity contribution in [1.82, 2.24) is 5.32 Å². The fraction of sp³-hybridized carbons (Fsp3) is 0.300. The predicted molar refractivity (Wildman–Crippen MR) is 99.2 cm³/mol. The summed E-state index contributed by atoms with van der Waals surface area (Å²) < 4.78 is 10.6. The van der Waals surface area contributed by atoms with E-state index in [1.807, 2.05) is 25.1 Å². The van der Waals surface area contributed by atoms with Crippen molar-refractivity contribution in [2.75, 3.05) is 20.3 Å². The molecule has 0 saturated carbocycles. The van der Waals surface area contributed by atoms with Crippen LogP contribution in [0.2, 0.25) is 0 Å². The van der Waals surface area contributed by atoms with Crippen LogP contribution >= 0.6 is 0 Å². The summed E-state index contributed by atoms with van der Waals surface area (Å²) in [5.74, 6) is 0.361. The number of rotatable bonds is 7. The van der Waals surface area contributed by atoms with Crippen molar-refractivity contribution >= 4 is 11.9 Å². The van der Waals surface area contributed by atoms with Crippen LogP contribution in [0.1, 0.15) is 29.3 Å². The molecule has 0 bridgehead atoms. The third-order valence-electron chi connectivity index (χ3n) is 3.56. The van der Waals surface area contributed by atoms with Gasteiger partial charge in [0.15, 0.2) is 0 Å². The third kappa shape index (κ3) is 6.30. The number of aliphatic imine (C=N–C) groups is 1. The first-order chi connectivity index (χ1) is 12.2. The second kappa shape index (κ2) is 10.1. The number of nitrogens with one attached hydrogen (secondary N) is 1. The minimum atomic E-state index is -0.269. The average Bonchev–Trinajstić information content (AvgIpc) is 2.66. The standard InChI is InChI=1S/C20H24N2O3/c1-3-25-20(21-14-8-11-16-9-5-4-6-10-16)22-19(23)17-12-7-13-18(15-17)24-2/h4-7,9-10,12-13,15H,3,8,11,14H2,1-2H3,(H,21,22,23). The number of aryl methyl sites for hydroxylation is 1. The number of methoxy groups -OCH3 is 1. The van der Waals surface area contributed by atoms with E-state index in [2.05, 4.69) is 22.4 Å². The molecule has 0 spiro atoms. The quantitative estimate of drug-likeness (QED) is 0.477. The van der Waals surface area contributed by atoms with E-state index >= 15 is 0 Å². The molecule has 25 heavy (non-hydrogen) atoms. The molecule has 1 amide bonds. The first kappa shape index (κ1) is 18.5. The van der Waals surface area contributed by atoms with Gasteiger partial charge in [0.2, 0.25) is 0 Å². The van der Waals surface area contributed by atoms with Gasteiger partial charge in [-0.3, -0.25) is 10.1 Å². The fourth-order valence-electron chi connectivity index (χ4n) is 2.30. The number of ether oxygens (including phenoxy) is 2. The van der Waals surface area contributed by atoms with Gasteiger partial charge in [-0.2, -0.15) is 0 Å². The molecular weight excluding hydrogens is 316 g/mol. The average molecular weight is 340 g/mol. The maximum absolute atomic E-state index is 12.3. The fourth-order valence-corrected chi connectivity index (χ4v) is 2.30. The molecule has 2 aromatic rings. The first-order valence-corrected chi connectivity index (χ1v) is 8.39. The Balaban J connectivity index is 1.91. The van der Waals surface area contributed by atoms with Gasteiger partial charge in [0.05, 0.1) is 13.7 Å². The van der Waals surface area contributed by atoms with Crippen LogP contribution in [0.25, 0.3) is 0 Å². The van der Waals surface area contributed by atoms with Crippen molar-refractivity contribution in [2.45, 2.75) is 19.8 Å². The number of carbonyl (C=O) groups is 1. The van der Waals surface area contributed by atoms with Crippen LogP contribution in [0, 0.1) is 0 Å². The van der Waals surface area contributed by atoms with Gasteiger partial charge in [0.1, 0.15) is 5.75 Å². The molecule has 132 valence electrons. The Morgan fingerprint density at radius 3 is 2.64 bits per heavy atom. The van der Waals surface area contributed by atoms with Crippen molar-refractivity contribution in [3.8, 4) is 5.75 Å². The molecule has 0 unspecified atom stereocenters. The highest BCUT2D eigenvalue weighted by Gasteiger charge is 2.10. The lowest BCUT2D eigenvalue weighted by molar-refractivity contribution is 0.0966. The lowest BCUT2D eigenvalue weighted by atomic mass is 10.1. The molecule has 1 N–H and O–H groups in total. The maximum atomic E-state index is 12.3. The van der Waals surface area contributed by atoms with Crippen LogP contribution in [0.3, 0.4) is 0 Å². The monoisotopic (exact) mass is 340 g/mol. The molecule has 0 aromatic heterocycles. The highest BCUT2D eigenvalue weighted by molar-refractivity contribution is 6.04. The third-order valence-corrected chi connectivity index (χ3v) is 3.56. The summed E-state index contributed by atoms with van der Waals surface area (Å²) in [6, 6.07) is 17.5. The Bertz CT molecular complexity index is 699. The molecule has 0 aliphatic rings. The van der Waals surface area contributed by atoms with Crippen LogP contribution in [-0.2, 0) is 11.2 Å². The predicted octanol–water partition coefficient (Wildman–Crippen LogP) is 3.45. The molecule has 0 aliphatic heterocycles. The van der Waals surface area contributed by atoms with Crippen LogP contribution in [-0.4, -0.2) is 32.2 Å². The molecule has 2 aromatic carbocycles. The van der Waals surface area contributed by atoms with Gasteiger partial charge < -0.3 is 9.47 Å². The second-order valence-electron chi connectivity index (χ2n) is 5.40. The largest absolute Gasteiger partial charge is 0.497 e. The van der Waals surface area contributed by atoms with E-state index in [0.29, 0.717) is 24.5 Å². The zero-order valence-corrected chi connectivity index (χ0v) is 14.7. The number of amidine groups is 1. The van der Waals surface area contributed by atoms with Crippen molar-refractivity contribution in [1.29, 1.82) is 0 Å². The molecule has 2 rings (SSSR count). The summed E-state index contributed by atoms with van der Waals surface area (Å²) in [5.41, 5.74) is 1.77. The Morgan fingerprint density at radius 1 is 1.12 bits per heavy atom. The van der Waals surface area contributed by atoms with Crippen molar-refractivity contribution in [2.24, 2.45) is 4.99 Å². The first-order valence-electron chi connectivity index (χ1n) is 8.39. The summed E-state index contributed by atoms with van der Waals surface area (Å²) in [6.07, 6.45) is 1.82. The van der Waals surface area contributed by atoms with Crippen molar-refractivity contribution < 1.29 is 14.3 Å². The topological polar surface area (TPSA) is 59.9 Å². The van der Waals surface area contributed by atoms with Gasteiger partial charge in [-0.15, -0.1) is 0 Å². The minimum Gasteiger partial charge on any atom is -0.497 e. The molecular formula is C20H24N2O3. The molecule has 0 saturated heterocycles. The molecule has 0 aliphatic carbocycles. The molecule has 0 heterocycles. The van der Waals surface area contributed by atoms with Crippen LogP contribution < -0.4 is 10.1 Å². The van der Waals surface area contributed by atoms with Gasteiger partial charge in [0, 0.05) is 12.1 Å². The molecule has 0 fully saturated rings. The number of benzene rings is 2. The van der Waals surface area contributed by atoms with Crippen molar-refractivity contribution in [3.05, 3.63) is 65.7 Å². The summed E-state index contributed by atoms with van der Waals surface area (Å²) in [5, 5.41) is 2.72. The highest BCUT2D eigenvalue weighted by Crippen LogP contribution is 2.12. The van der Waals surface area contributed by atoms with Gasteiger partial charge in [-0.05, 0) is 43.5 Å². The SMILES string of the molecule is CCOC(=NCCCc1ccccc1)NC(=O)c1cccc(OC)c1. The van der Waals surface area contributed by atoms with Crippen LogP contribution in [0.15, 0.2) is 59.6 Å². The Labute approximate surface area is 148 Å². The normalized spacial score (nSPS) is 11.0. The number of hydrogen-bond acceptors (Lipinski definition) is 4. The Kier molecular flexibility index (Phi) is 7.50. The zero-order valence-electron chi connectivity index (χ0n) is 14.7. The zero-order chi connectivity index (χ0) is 17.9. The van der Waals surface area contributed by atoms with Crippen LogP contribution in [0.4, 0.5) is 0 Å². The van der Waals surface area contributed by atoms with Gasteiger partial charge in [-0.1, -0.05) is 36.4 Å². The Hall–Kier alpha value is -2.82. The summed E-state index contributed by atoms with van der Waals surface area (Å²) in [4.78, 5) is 16.7. The van der Waals surface area contributed by atoms with Crippen LogP contribution in [0.5, 0.6) is 5.75 Å². The molecule has 5 nitrogen and oxygen atoms in total. The Morgan fingerprint density at radius 2 is 1.92 bits per heavy atom. The van der Waals surface area contributed by atoms with E-state index in [-0.39, 0.29) is 11.9 Å². The number of amides is 1. The molecule has 0 radical (unpaired) electrons. The van der Waals surface area contributed by atoms with E-state index in [4.69, 9.17) is 9.47 Å².